The van der Waals surface area contributed by atoms with Gasteiger partial charge in [0.1, 0.15) is 6.61 Å². The van der Waals surface area contributed by atoms with Gasteiger partial charge >= 0.3 is 0 Å². The molecule has 0 saturated heterocycles. The highest BCUT2D eigenvalue weighted by Crippen LogP contribution is 2.08. The second-order valence-corrected chi connectivity index (χ2v) is 3.83. The maximum atomic E-state index is 11.2. The third-order valence-electron chi connectivity index (χ3n) is 1.66. The van der Waals surface area contributed by atoms with Crippen molar-refractivity contribution >= 4 is 5.91 Å². The predicted molar refractivity (Wildman–Crippen MR) is 55.2 cm³/mol. The van der Waals surface area contributed by atoms with Crippen LogP contribution >= 0.6 is 0 Å². The molecule has 0 aromatic carbocycles. The van der Waals surface area contributed by atoms with E-state index in [1.807, 2.05) is 20.8 Å². The van der Waals surface area contributed by atoms with Gasteiger partial charge in [0.2, 0.25) is 5.91 Å². The van der Waals surface area contributed by atoms with E-state index in [9.17, 15) is 4.79 Å². The molecule has 0 unspecified atom stereocenters. The molecule has 0 aliphatic carbocycles. The van der Waals surface area contributed by atoms with Crippen molar-refractivity contribution in [3.63, 3.8) is 0 Å². The van der Waals surface area contributed by atoms with Crippen LogP contribution in [-0.4, -0.2) is 38.4 Å². The average molecular weight is 203 g/mol. The second kappa shape index (κ2) is 6.79. The molecule has 4 nitrogen and oxygen atoms in total. The van der Waals surface area contributed by atoms with Crippen molar-refractivity contribution in [1.29, 1.82) is 0 Å². The van der Waals surface area contributed by atoms with E-state index in [1.165, 1.54) is 0 Å². The van der Waals surface area contributed by atoms with Gasteiger partial charge in [-0.05, 0) is 20.3 Å². The van der Waals surface area contributed by atoms with E-state index in [4.69, 9.17) is 9.47 Å². The van der Waals surface area contributed by atoms with Gasteiger partial charge in [-0.15, -0.1) is 0 Å². The van der Waals surface area contributed by atoms with Crippen LogP contribution < -0.4 is 5.32 Å². The molecule has 0 atom stereocenters. The Morgan fingerprint density at radius 2 is 2.07 bits per heavy atom. The molecule has 84 valence electrons. The lowest BCUT2D eigenvalue weighted by Crippen LogP contribution is -2.36. The van der Waals surface area contributed by atoms with E-state index >= 15 is 0 Å². The van der Waals surface area contributed by atoms with Crippen LogP contribution in [0.1, 0.15) is 27.2 Å². The first-order valence-corrected chi connectivity index (χ1v) is 4.91. The zero-order valence-electron chi connectivity index (χ0n) is 9.55. The number of hydrogen-bond donors (Lipinski definition) is 1. The van der Waals surface area contributed by atoms with Gasteiger partial charge < -0.3 is 14.8 Å². The molecule has 0 aromatic rings. The molecule has 0 aliphatic rings. The average Bonchev–Trinajstić information content (AvgIpc) is 2.11. The molecule has 0 fully saturated rings. The Morgan fingerprint density at radius 3 is 2.57 bits per heavy atom. The van der Waals surface area contributed by atoms with Crippen LogP contribution in [0.2, 0.25) is 0 Å². The molecule has 1 N–H and O–H groups in total. The number of methoxy groups -OCH3 is 1. The minimum Gasteiger partial charge on any atom is -0.382 e. The Morgan fingerprint density at radius 1 is 1.43 bits per heavy atom. The molecular formula is C10H21NO3. The summed E-state index contributed by atoms with van der Waals surface area (Å²) in [5.74, 6) is -0.0731. The molecule has 0 spiro atoms. The summed E-state index contributed by atoms with van der Waals surface area (Å²) in [7, 11) is 1.61. The molecule has 14 heavy (non-hydrogen) atoms. The van der Waals surface area contributed by atoms with Gasteiger partial charge in [-0.1, -0.05) is 6.92 Å². The van der Waals surface area contributed by atoms with Gasteiger partial charge in [0.05, 0.1) is 12.2 Å². The van der Waals surface area contributed by atoms with E-state index in [-0.39, 0.29) is 12.5 Å². The van der Waals surface area contributed by atoms with Crippen molar-refractivity contribution in [1.82, 2.24) is 5.32 Å². The third kappa shape index (κ3) is 6.86. The van der Waals surface area contributed by atoms with Gasteiger partial charge in [-0.3, -0.25) is 4.79 Å². The highest BCUT2D eigenvalue weighted by Gasteiger charge is 2.19. The smallest absolute Gasteiger partial charge is 0.246 e. The van der Waals surface area contributed by atoms with Gasteiger partial charge in [0.25, 0.3) is 0 Å². The lowest BCUT2D eigenvalue weighted by molar-refractivity contribution is -0.134. The number of carbonyl (C=O) groups excluding carboxylic acids is 1. The van der Waals surface area contributed by atoms with Crippen molar-refractivity contribution in [2.45, 2.75) is 32.8 Å². The zero-order valence-corrected chi connectivity index (χ0v) is 9.55. The molecule has 0 aliphatic heterocycles. The Kier molecular flexibility index (Phi) is 6.49. The van der Waals surface area contributed by atoms with Gasteiger partial charge in [-0.25, -0.2) is 0 Å². The Hall–Kier alpha value is -0.610. The number of rotatable bonds is 7. The molecule has 1 amide bonds. The fourth-order valence-corrected chi connectivity index (χ4v) is 0.966. The van der Waals surface area contributed by atoms with Crippen LogP contribution in [0.25, 0.3) is 0 Å². The fourth-order valence-electron chi connectivity index (χ4n) is 0.966. The van der Waals surface area contributed by atoms with Crippen molar-refractivity contribution in [3.05, 3.63) is 0 Å². The van der Waals surface area contributed by atoms with Gasteiger partial charge in [0.15, 0.2) is 0 Å². The molecule has 0 bridgehead atoms. The highest BCUT2D eigenvalue weighted by molar-refractivity contribution is 5.77. The van der Waals surface area contributed by atoms with Crippen molar-refractivity contribution in [2.24, 2.45) is 0 Å². The number of hydrogen-bond acceptors (Lipinski definition) is 3. The topological polar surface area (TPSA) is 47.6 Å². The molecule has 0 rings (SSSR count). The number of nitrogens with one attached hydrogen (secondary N) is 1. The van der Waals surface area contributed by atoms with E-state index in [1.54, 1.807) is 7.11 Å². The summed E-state index contributed by atoms with van der Waals surface area (Å²) in [6.45, 7) is 7.07. The van der Waals surface area contributed by atoms with Crippen LogP contribution in [0.4, 0.5) is 0 Å². The monoisotopic (exact) mass is 203 g/mol. The normalized spacial score (nSPS) is 11.4. The summed E-state index contributed by atoms with van der Waals surface area (Å²) in [6.07, 6.45) is 0.938. The van der Waals surface area contributed by atoms with Gasteiger partial charge in [0, 0.05) is 13.7 Å². The highest BCUT2D eigenvalue weighted by atomic mass is 16.5. The minimum absolute atomic E-state index is 0.0731. The fraction of sp³-hybridized carbons (Fsp3) is 0.900. The lowest BCUT2D eigenvalue weighted by Gasteiger charge is -2.23. The maximum absolute atomic E-state index is 11.2. The van der Waals surface area contributed by atoms with E-state index in [2.05, 4.69) is 5.32 Å². The summed E-state index contributed by atoms with van der Waals surface area (Å²) < 4.78 is 10.4. The van der Waals surface area contributed by atoms with Crippen molar-refractivity contribution in [3.8, 4) is 0 Å². The van der Waals surface area contributed by atoms with Crippen LogP contribution in [0.5, 0.6) is 0 Å². The van der Waals surface area contributed by atoms with Crippen molar-refractivity contribution in [2.75, 3.05) is 26.9 Å². The SMILES string of the molecule is CCCNC(=O)COC(C)(C)COC. The molecule has 4 heteroatoms. The van der Waals surface area contributed by atoms with E-state index < -0.39 is 5.60 Å². The molecule has 0 heterocycles. The summed E-state index contributed by atoms with van der Waals surface area (Å²) in [6, 6.07) is 0. The third-order valence-corrected chi connectivity index (χ3v) is 1.66. The summed E-state index contributed by atoms with van der Waals surface area (Å²) in [5.41, 5.74) is -0.404. The number of amides is 1. The molecular weight excluding hydrogens is 182 g/mol. The van der Waals surface area contributed by atoms with Crippen molar-refractivity contribution < 1.29 is 14.3 Å². The van der Waals surface area contributed by atoms with E-state index in [0.717, 1.165) is 6.42 Å². The van der Waals surface area contributed by atoms with E-state index in [0.29, 0.717) is 13.2 Å². The Bertz CT molecular complexity index is 169. The zero-order chi connectivity index (χ0) is 11.0. The van der Waals surface area contributed by atoms with Crippen LogP contribution in [-0.2, 0) is 14.3 Å². The summed E-state index contributed by atoms with van der Waals surface area (Å²) >= 11 is 0. The first-order chi connectivity index (χ1) is 6.52. The Labute approximate surface area is 86.0 Å². The predicted octanol–water partition coefficient (Wildman–Crippen LogP) is 0.954. The van der Waals surface area contributed by atoms with Crippen LogP contribution in [0.3, 0.4) is 0 Å². The molecule has 0 saturated carbocycles. The maximum Gasteiger partial charge on any atom is 0.246 e. The first kappa shape index (κ1) is 13.4. The minimum atomic E-state index is -0.404. The van der Waals surface area contributed by atoms with Crippen LogP contribution in [0, 0.1) is 0 Å². The Balaban J connectivity index is 3.64. The lowest BCUT2D eigenvalue weighted by atomic mass is 10.1. The first-order valence-electron chi connectivity index (χ1n) is 4.91. The van der Waals surface area contributed by atoms with Crippen LogP contribution in [0.15, 0.2) is 0 Å². The number of ether oxygens (including phenoxy) is 2. The van der Waals surface area contributed by atoms with Gasteiger partial charge in [-0.2, -0.15) is 0 Å². The standard InChI is InChI=1S/C10H21NO3/c1-5-6-11-9(12)7-14-10(2,3)8-13-4/h5-8H2,1-4H3,(H,11,12). The summed E-state index contributed by atoms with van der Waals surface area (Å²) in [5, 5.41) is 2.74. The number of carbonyl (C=O) groups is 1. The molecule has 0 radical (unpaired) electrons. The largest absolute Gasteiger partial charge is 0.382 e. The molecule has 0 aromatic heterocycles. The second-order valence-electron chi connectivity index (χ2n) is 3.83. The summed E-state index contributed by atoms with van der Waals surface area (Å²) in [4.78, 5) is 11.2. The quantitative estimate of drug-likeness (QED) is 0.670.